The average Bonchev–Trinajstić information content (AvgIpc) is 2.49. The Labute approximate surface area is 130 Å². The molecule has 0 saturated carbocycles. The predicted octanol–water partition coefficient (Wildman–Crippen LogP) is 4.73. The maximum atomic E-state index is 14.3. The van der Waals surface area contributed by atoms with E-state index < -0.39 is 0 Å². The van der Waals surface area contributed by atoms with Crippen molar-refractivity contribution in [3.8, 4) is 22.3 Å². The third-order valence-corrected chi connectivity index (χ3v) is 3.38. The second-order valence-corrected chi connectivity index (χ2v) is 4.80. The van der Waals surface area contributed by atoms with Gasteiger partial charge in [0.05, 0.1) is 0 Å². The quantitative estimate of drug-likeness (QED) is 0.599. The minimum Gasteiger partial charge on any atom is -0.206 e. The molecule has 0 aliphatic rings. The minimum atomic E-state index is -0.388. The van der Waals surface area contributed by atoms with Gasteiger partial charge in [-0.25, -0.2) is 8.78 Å². The molecular formula is C19H15BF2. The molecule has 0 spiro atoms. The maximum absolute atomic E-state index is 14.3. The Balaban J connectivity index is 0.00000176. The Morgan fingerprint density at radius 2 is 1.23 bits per heavy atom. The molecule has 0 fully saturated rings. The van der Waals surface area contributed by atoms with Gasteiger partial charge < -0.3 is 0 Å². The van der Waals surface area contributed by atoms with Crippen molar-refractivity contribution < 1.29 is 8.78 Å². The van der Waals surface area contributed by atoms with Crippen LogP contribution in [0.2, 0.25) is 0 Å². The van der Waals surface area contributed by atoms with Crippen molar-refractivity contribution in [2.45, 2.75) is 7.43 Å². The molecule has 0 atom stereocenters. The zero-order valence-electron chi connectivity index (χ0n) is 11.2. The van der Waals surface area contributed by atoms with Crippen LogP contribution in [0.5, 0.6) is 0 Å². The van der Waals surface area contributed by atoms with E-state index in [1.54, 1.807) is 54.6 Å². The van der Waals surface area contributed by atoms with Crippen LogP contribution >= 0.6 is 0 Å². The summed E-state index contributed by atoms with van der Waals surface area (Å²) in [4.78, 5) is 0. The molecule has 3 aromatic carbocycles. The molecule has 0 saturated heterocycles. The fraction of sp³-hybridized carbons (Fsp3) is 0.0526. The zero-order chi connectivity index (χ0) is 14.8. The first-order valence-corrected chi connectivity index (χ1v) is 6.55. The van der Waals surface area contributed by atoms with Crippen molar-refractivity contribution in [2.75, 3.05) is 0 Å². The van der Waals surface area contributed by atoms with E-state index >= 15 is 0 Å². The van der Waals surface area contributed by atoms with Crippen LogP contribution in [0.3, 0.4) is 0 Å². The van der Waals surface area contributed by atoms with Crippen LogP contribution in [-0.4, -0.2) is 7.85 Å². The third-order valence-electron chi connectivity index (χ3n) is 3.38. The highest BCUT2D eigenvalue weighted by atomic mass is 19.1. The van der Waals surface area contributed by atoms with Crippen molar-refractivity contribution in [3.05, 3.63) is 78.4 Å². The van der Waals surface area contributed by atoms with Crippen molar-refractivity contribution in [1.82, 2.24) is 0 Å². The van der Waals surface area contributed by atoms with Crippen LogP contribution in [0.1, 0.15) is 7.43 Å². The predicted molar refractivity (Wildman–Crippen MR) is 89.3 cm³/mol. The number of halogens is 2. The van der Waals surface area contributed by atoms with E-state index in [1.165, 1.54) is 12.1 Å². The molecule has 3 heteroatoms. The highest BCUT2D eigenvalue weighted by molar-refractivity contribution is 6.32. The molecule has 22 heavy (non-hydrogen) atoms. The van der Waals surface area contributed by atoms with E-state index in [1.807, 2.05) is 0 Å². The van der Waals surface area contributed by atoms with Gasteiger partial charge in [-0.1, -0.05) is 67.5 Å². The summed E-state index contributed by atoms with van der Waals surface area (Å²) in [7, 11) is 5.62. The summed E-state index contributed by atoms with van der Waals surface area (Å²) >= 11 is 0. The molecule has 2 radical (unpaired) electrons. The molecule has 0 nitrogen and oxygen atoms in total. The lowest BCUT2D eigenvalue weighted by atomic mass is 9.93. The van der Waals surface area contributed by atoms with Gasteiger partial charge in [0.1, 0.15) is 19.5 Å². The van der Waals surface area contributed by atoms with Gasteiger partial charge in [-0.05, 0) is 23.3 Å². The number of rotatable bonds is 2. The molecule has 0 unspecified atom stereocenters. The second kappa shape index (κ2) is 6.57. The Morgan fingerprint density at radius 3 is 1.86 bits per heavy atom. The Morgan fingerprint density at radius 1 is 0.636 bits per heavy atom. The second-order valence-electron chi connectivity index (χ2n) is 4.80. The van der Waals surface area contributed by atoms with E-state index in [0.29, 0.717) is 22.2 Å². The fourth-order valence-electron chi connectivity index (χ4n) is 2.27. The van der Waals surface area contributed by atoms with E-state index in [2.05, 4.69) is 0 Å². The molecule has 0 amide bonds. The van der Waals surface area contributed by atoms with Crippen molar-refractivity contribution in [2.24, 2.45) is 0 Å². The lowest BCUT2D eigenvalue weighted by molar-refractivity contribution is 0.626. The molecule has 0 bridgehead atoms. The van der Waals surface area contributed by atoms with Gasteiger partial charge >= 0.3 is 0 Å². The van der Waals surface area contributed by atoms with Gasteiger partial charge in [-0.3, -0.25) is 0 Å². The van der Waals surface area contributed by atoms with Gasteiger partial charge in [0.2, 0.25) is 0 Å². The first-order valence-electron chi connectivity index (χ1n) is 6.55. The summed E-state index contributed by atoms with van der Waals surface area (Å²) in [5.41, 5.74) is 2.74. The van der Waals surface area contributed by atoms with Gasteiger partial charge in [0.15, 0.2) is 0 Å². The molecule has 108 valence electrons. The molecule has 0 N–H and O–H groups in total. The zero-order valence-corrected chi connectivity index (χ0v) is 11.2. The van der Waals surface area contributed by atoms with Crippen LogP contribution in [0.25, 0.3) is 22.3 Å². The molecule has 0 heterocycles. The summed E-state index contributed by atoms with van der Waals surface area (Å²) in [6.07, 6.45) is 0. The molecule has 3 aromatic rings. The third kappa shape index (κ3) is 3.09. The van der Waals surface area contributed by atoms with Crippen LogP contribution in [0, 0.1) is 11.6 Å². The smallest absolute Gasteiger partial charge is 0.131 e. The highest BCUT2D eigenvalue weighted by Crippen LogP contribution is 2.28. The van der Waals surface area contributed by atoms with Gasteiger partial charge in [-0.2, -0.15) is 0 Å². The van der Waals surface area contributed by atoms with Gasteiger partial charge in [-0.15, -0.1) is 0 Å². The Kier molecular flexibility index (Phi) is 4.76. The van der Waals surface area contributed by atoms with Crippen LogP contribution in [-0.2, 0) is 0 Å². The van der Waals surface area contributed by atoms with Crippen LogP contribution < -0.4 is 5.46 Å². The van der Waals surface area contributed by atoms with Gasteiger partial charge in [0, 0.05) is 11.1 Å². The first kappa shape index (κ1) is 16.0. The van der Waals surface area contributed by atoms with E-state index in [0.717, 1.165) is 5.56 Å². The monoisotopic (exact) mass is 292 g/mol. The summed E-state index contributed by atoms with van der Waals surface area (Å²) in [6, 6.07) is 18.0. The lowest BCUT2D eigenvalue weighted by Gasteiger charge is -2.08. The first-order chi connectivity index (χ1) is 10.1. The lowest BCUT2D eigenvalue weighted by Crippen LogP contribution is -1.99. The maximum Gasteiger partial charge on any atom is 0.131 e. The summed E-state index contributed by atoms with van der Waals surface area (Å²) in [5, 5.41) is 0. The largest absolute Gasteiger partial charge is 0.206 e. The van der Waals surface area contributed by atoms with Crippen LogP contribution in [0.15, 0.2) is 66.7 Å². The topological polar surface area (TPSA) is 0 Å². The Bertz CT molecular complexity index is 780. The fourth-order valence-corrected chi connectivity index (χ4v) is 2.27. The van der Waals surface area contributed by atoms with Crippen molar-refractivity contribution in [1.29, 1.82) is 0 Å². The van der Waals surface area contributed by atoms with E-state index in [-0.39, 0.29) is 19.1 Å². The Hall–Kier alpha value is -2.42. The van der Waals surface area contributed by atoms with Crippen molar-refractivity contribution in [3.63, 3.8) is 0 Å². The van der Waals surface area contributed by atoms with E-state index in [4.69, 9.17) is 7.85 Å². The van der Waals surface area contributed by atoms with Gasteiger partial charge in [0.25, 0.3) is 0 Å². The highest BCUT2D eigenvalue weighted by Gasteiger charge is 2.09. The molecule has 0 aromatic heterocycles. The molecular weight excluding hydrogens is 277 g/mol. The van der Waals surface area contributed by atoms with E-state index in [9.17, 15) is 8.78 Å². The summed E-state index contributed by atoms with van der Waals surface area (Å²) in [5.74, 6) is -0.752. The molecule has 3 rings (SSSR count). The standard InChI is InChI=1S/C18H11BF2.CH4/c19-14-8-5-12(6-9-14)16-10-7-13(11-18(16)21)15-3-1-2-4-17(15)20;/h1-11H;1H4. The SMILES string of the molecule is C.[B]c1ccc(-c2ccc(-c3ccccc3F)cc2F)cc1. The number of benzene rings is 3. The summed E-state index contributed by atoms with van der Waals surface area (Å²) in [6.45, 7) is 0. The van der Waals surface area contributed by atoms with Crippen LogP contribution in [0.4, 0.5) is 8.78 Å². The van der Waals surface area contributed by atoms with Crippen molar-refractivity contribution >= 4 is 13.3 Å². The average molecular weight is 292 g/mol. The summed E-state index contributed by atoms with van der Waals surface area (Å²) < 4.78 is 28.0. The number of hydrogen-bond acceptors (Lipinski definition) is 0. The molecule has 0 aliphatic heterocycles. The number of hydrogen-bond donors (Lipinski definition) is 0. The molecule has 0 aliphatic carbocycles. The normalized spacial score (nSPS) is 10.1. The minimum absolute atomic E-state index is 0.